The van der Waals surface area contributed by atoms with Gasteiger partial charge in [0.2, 0.25) is 0 Å². The molecule has 0 aliphatic rings. The molecule has 2 rings (SSSR count). The van der Waals surface area contributed by atoms with Gasteiger partial charge in [-0.2, -0.15) is 5.10 Å². The molecule has 4 nitrogen and oxygen atoms in total. The van der Waals surface area contributed by atoms with Crippen LogP contribution in [0.25, 0.3) is 0 Å². The van der Waals surface area contributed by atoms with Gasteiger partial charge in [0.25, 0.3) is 0 Å². The maximum Gasteiger partial charge on any atom is 0.335 e. The minimum atomic E-state index is -0.970. The molecule has 0 aliphatic carbocycles. The van der Waals surface area contributed by atoms with E-state index >= 15 is 0 Å². The van der Waals surface area contributed by atoms with Crippen LogP contribution in [0.4, 0.5) is 10.1 Å². The second kappa shape index (κ2) is 5.97. The average Bonchev–Trinajstić information content (AvgIpc) is 2.46. The SMILES string of the molecule is C/C(=N\Nc1ccc(C(=O)O)cc1)c1ccc(F)cc1. The fourth-order valence-electron chi connectivity index (χ4n) is 1.59. The van der Waals surface area contributed by atoms with E-state index in [-0.39, 0.29) is 11.4 Å². The largest absolute Gasteiger partial charge is 0.478 e. The van der Waals surface area contributed by atoms with Gasteiger partial charge in [0.1, 0.15) is 5.82 Å². The van der Waals surface area contributed by atoms with Crippen molar-refractivity contribution in [3.05, 3.63) is 65.5 Å². The number of carboxylic acids is 1. The first-order chi connectivity index (χ1) is 9.56. The molecule has 0 atom stereocenters. The Balaban J connectivity index is 2.08. The smallest absolute Gasteiger partial charge is 0.335 e. The molecule has 0 spiro atoms. The third-order valence-corrected chi connectivity index (χ3v) is 2.75. The molecule has 2 aromatic carbocycles. The maximum absolute atomic E-state index is 12.8. The summed E-state index contributed by atoms with van der Waals surface area (Å²) in [5, 5.41) is 13.0. The molecule has 0 heterocycles. The highest BCUT2D eigenvalue weighted by atomic mass is 19.1. The van der Waals surface area contributed by atoms with Crippen molar-refractivity contribution in [2.24, 2.45) is 5.10 Å². The van der Waals surface area contributed by atoms with E-state index in [9.17, 15) is 9.18 Å². The Hall–Kier alpha value is -2.69. The monoisotopic (exact) mass is 272 g/mol. The second-order valence-electron chi connectivity index (χ2n) is 4.20. The van der Waals surface area contributed by atoms with Crippen molar-refractivity contribution in [1.82, 2.24) is 0 Å². The summed E-state index contributed by atoms with van der Waals surface area (Å²) in [5.74, 6) is -1.26. The van der Waals surface area contributed by atoms with Crippen LogP contribution in [0.1, 0.15) is 22.8 Å². The minimum absolute atomic E-state index is 0.217. The zero-order valence-corrected chi connectivity index (χ0v) is 10.8. The second-order valence-corrected chi connectivity index (χ2v) is 4.20. The summed E-state index contributed by atoms with van der Waals surface area (Å²) in [7, 11) is 0. The lowest BCUT2D eigenvalue weighted by Gasteiger charge is -2.04. The Morgan fingerprint density at radius 2 is 1.60 bits per heavy atom. The Morgan fingerprint density at radius 3 is 2.15 bits per heavy atom. The third kappa shape index (κ3) is 3.41. The predicted octanol–water partition coefficient (Wildman–Crippen LogP) is 3.36. The molecule has 5 heteroatoms. The van der Waals surface area contributed by atoms with Gasteiger partial charge < -0.3 is 5.11 Å². The van der Waals surface area contributed by atoms with Crippen LogP contribution in [0.5, 0.6) is 0 Å². The van der Waals surface area contributed by atoms with Crippen molar-refractivity contribution in [2.75, 3.05) is 5.43 Å². The standard InChI is InChI=1S/C15H13FN2O2/c1-10(11-2-6-13(16)7-3-11)17-18-14-8-4-12(5-9-14)15(19)20/h2-9,18H,1H3,(H,19,20)/b17-10+. The van der Waals surface area contributed by atoms with Gasteiger partial charge in [-0.3, -0.25) is 5.43 Å². The van der Waals surface area contributed by atoms with Gasteiger partial charge in [0.05, 0.1) is 17.0 Å². The maximum atomic E-state index is 12.8. The molecule has 0 unspecified atom stereocenters. The Labute approximate surface area is 115 Å². The topological polar surface area (TPSA) is 61.7 Å². The van der Waals surface area contributed by atoms with Crippen molar-refractivity contribution in [1.29, 1.82) is 0 Å². The van der Waals surface area contributed by atoms with Gasteiger partial charge in [0.15, 0.2) is 0 Å². The molecule has 0 fully saturated rings. The van der Waals surface area contributed by atoms with Gasteiger partial charge in [0, 0.05) is 0 Å². The van der Waals surface area contributed by atoms with Crippen LogP contribution in [0, 0.1) is 5.82 Å². The predicted molar refractivity (Wildman–Crippen MR) is 75.6 cm³/mol. The molecule has 0 saturated heterocycles. The summed E-state index contributed by atoms with van der Waals surface area (Å²) in [6, 6.07) is 12.3. The van der Waals surface area contributed by atoms with E-state index in [1.54, 1.807) is 31.2 Å². The zero-order chi connectivity index (χ0) is 14.5. The number of nitrogens with zero attached hydrogens (tertiary/aromatic N) is 1. The van der Waals surface area contributed by atoms with Crippen LogP contribution in [-0.2, 0) is 0 Å². The number of anilines is 1. The molecule has 2 aromatic rings. The van der Waals surface area contributed by atoms with Crippen molar-refractivity contribution in [3.8, 4) is 0 Å². The number of halogens is 1. The lowest BCUT2D eigenvalue weighted by Crippen LogP contribution is -2.00. The molecule has 0 amide bonds. The molecule has 0 saturated carbocycles. The van der Waals surface area contributed by atoms with Crippen LogP contribution in [-0.4, -0.2) is 16.8 Å². The summed E-state index contributed by atoms with van der Waals surface area (Å²) in [4.78, 5) is 10.7. The highest BCUT2D eigenvalue weighted by molar-refractivity contribution is 5.99. The molecule has 2 N–H and O–H groups in total. The van der Waals surface area contributed by atoms with Gasteiger partial charge in [-0.25, -0.2) is 9.18 Å². The van der Waals surface area contributed by atoms with Crippen LogP contribution in [0.15, 0.2) is 53.6 Å². The van der Waals surface area contributed by atoms with Gasteiger partial charge in [-0.15, -0.1) is 0 Å². The number of carbonyl (C=O) groups is 1. The molecule has 0 radical (unpaired) electrons. The number of rotatable bonds is 4. The lowest BCUT2D eigenvalue weighted by atomic mass is 10.1. The fraction of sp³-hybridized carbons (Fsp3) is 0.0667. The number of hydrogen-bond donors (Lipinski definition) is 2. The third-order valence-electron chi connectivity index (χ3n) is 2.75. The Bertz CT molecular complexity index is 634. The van der Waals surface area contributed by atoms with Crippen LogP contribution in [0.3, 0.4) is 0 Å². The van der Waals surface area contributed by atoms with E-state index in [0.717, 1.165) is 5.56 Å². The van der Waals surface area contributed by atoms with E-state index in [1.165, 1.54) is 24.3 Å². The fourth-order valence-corrected chi connectivity index (χ4v) is 1.59. The van der Waals surface area contributed by atoms with Crippen molar-refractivity contribution < 1.29 is 14.3 Å². The highest BCUT2D eigenvalue weighted by Crippen LogP contribution is 2.10. The van der Waals surface area contributed by atoms with Crippen LogP contribution < -0.4 is 5.43 Å². The normalized spacial score (nSPS) is 11.2. The summed E-state index contributed by atoms with van der Waals surface area (Å²) < 4.78 is 12.8. The van der Waals surface area contributed by atoms with Crippen molar-refractivity contribution >= 4 is 17.4 Å². The van der Waals surface area contributed by atoms with E-state index < -0.39 is 5.97 Å². The van der Waals surface area contributed by atoms with Crippen molar-refractivity contribution in [2.45, 2.75) is 6.92 Å². The number of aromatic carboxylic acids is 1. The highest BCUT2D eigenvalue weighted by Gasteiger charge is 2.01. The first-order valence-corrected chi connectivity index (χ1v) is 5.96. The van der Waals surface area contributed by atoms with Gasteiger partial charge >= 0.3 is 5.97 Å². The van der Waals surface area contributed by atoms with Gasteiger partial charge in [-0.05, 0) is 48.9 Å². The molecule has 0 aromatic heterocycles. The molecular weight excluding hydrogens is 259 g/mol. The molecule has 0 aliphatic heterocycles. The van der Waals surface area contributed by atoms with Crippen LogP contribution >= 0.6 is 0 Å². The summed E-state index contributed by atoms with van der Waals surface area (Å²) in [6.45, 7) is 1.80. The first-order valence-electron chi connectivity index (χ1n) is 5.96. The summed E-state index contributed by atoms with van der Waals surface area (Å²) in [5.41, 5.74) is 5.23. The number of hydrazone groups is 1. The van der Waals surface area contributed by atoms with Gasteiger partial charge in [-0.1, -0.05) is 12.1 Å². The zero-order valence-electron chi connectivity index (χ0n) is 10.8. The molecule has 102 valence electrons. The Morgan fingerprint density at radius 1 is 1.05 bits per heavy atom. The summed E-state index contributed by atoms with van der Waals surface area (Å²) in [6.07, 6.45) is 0. The summed E-state index contributed by atoms with van der Waals surface area (Å²) >= 11 is 0. The van der Waals surface area contributed by atoms with Crippen LogP contribution in [0.2, 0.25) is 0 Å². The molecule has 20 heavy (non-hydrogen) atoms. The average molecular weight is 272 g/mol. The van der Waals surface area contributed by atoms with Crippen molar-refractivity contribution in [3.63, 3.8) is 0 Å². The number of benzene rings is 2. The van der Waals surface area contributed by atoms with E-state index in [0.29, 0.717) is 11.4 Å². The number of hydrogen-bond acceptors (Lipinski definition) is 3. The van der Waals surface area contributed by atoms with E-state index in [4.69, 9.17) is 5.11 Å². The number of nitrogens with one attached hydrogen (secondary N) is 1. The Kier molecular flexibility index (Phi) is 4.10. The lowest BCUT2D eigenvalue weighted by molar-refractivity contribution is 0.0697. The molecular formula is C15H13FN2O2. The van der Waals surface area contributed by atoms with E-state index in [2.05, 4.69) is 10.5 Å². The quantitative estimate of drug-likeness (QED) is 0.662. The van der Waals surface area contributed by atoms with E-state index in [1.807, 2.05) is 0 Å². The number of carboxylic acid groups (broad SMARTS) is 1. The molecule has 0 bridgehead atoms. The first kappa shape index (κ1) is 13.7. The minimum Gasteiger partial charge on any atom is -0.478 e.